The van der Waals surface area contributed by atoms with Gasteiger partial charge >= 0.3 is 11.9 Å². The van der Waals surface area contributed by atoms with Gasteiger partial charge in [0.15, 0.2) is 0 Å². The highest BCUT2D eigenvalue weighted by atomic mass is 16.6. The second kappa shape index (κ2) is 8.89. The van der Waals surface area contributed by atoms with Crippen molar-refractivity contribution in [1.29, 1.82) is 0 Å². The van der Waals surface area contributed by atoms with Crippen molar-refractivity contribution in [3.63, 3.8) is 0 Å². The second-order valence-electron chi connectivity index (χ2n) is 5.43. The zero-order valence-corrected chi connectivity index (χ0v) is 12.1. The van der Waals surface area contributed by atoms with E-state index in [0.717, 1.165) is 18.4 Å². The van der Waals surface area contributed by atoms with Crippen LogP contribution in [0.15, 0.2) is 12.2 Å². The van der Waals surface area contributed by atoms with E-state index in [4.69, 9.17) is 0 Å². The molecule has 108 valence electrons. The summed E-state index contributed by atoms with van der Waals surface area (Å²) in [6, 6.07) is 0. The predicted molar refractivity (Wildman–Crippen MR) is 75.6 cm³/mol. The number of ether oxygens (including phenoxy) is 1. The smallest absolute Gasteiger partial charge is 0.321 e. The average molecular weight is 266 g/mol. The highest BCUT2D eigenvalue weighted by molar-refractivity contribution is 5.96. The quantitative estimate of drug-likeness (QED) is 0.258. The van der Waals surface area contributed by atoms with E-state index in [1.165, 1.54) is 44.9 Å². The van der Waals surface area contributed by atoms with E-state index in [1.54, 1.807) is 0 Å². The highest BCUT2D eigenvalue weighted by Gasteiger charge is 2.34. The molecule has 3 nitrogen and oxygen atoms in total. The van der Waals surface area contributed by atoms with E-state index in [1.807, 2.05) is 0 Å². The van der Waals surface area contributed by atoms with Crippen molar-refractivity contribution in [3.05, 3.63) is 12.2 Å². The van der Waals surface area contributed by atoms with E-state index < -0.39 is 11.9 Å². The maximum atomic E-state index is 11.4. The van der Waals surface area contributed by atoms with E-state index in [2.05, 4.69) is 18.2 Å². The molecule has 1 aliphatic heterocycles. The molecule has 1 rings (SSSR count). The SMILES string of the molecule is C=C(CCCCCCCCCC)C1CC(=O)OC1=O. The van der Waals surface area contributed by atoms with Gasteiger partial charge in [-0.25, -0.2) is 0 Å². The molecule has 19 heavy (non-hydrogen) atoms. The summed E-state index contributed by atoms with van der Waals surface area (Å²) in [6.07, 6.45) is 11.1. The summed E-state index contributed by atoms with van der Waals surface area (Å²) in [6.45, 7) is 6.15. The second-order valence-corrected chi connectivity index (χ2v) is 5.43. The van der Waals surface area contributed by atoms with Crippen molar-refractivity contribution in [2.24, 2.45) is 5.92 Å². The molecule has 1 fully saturated rings. The fourth-order valence-corrected chi connectivity index (χ4v) is 2.45. The summed E-state index contributed by atoms with van der Waals surface area (Å²) in [5.74, 6) is -1.20. The van der Waals surface area contributed by atoms with Crippen LogP contribution in [-0.4, -0.2) is 11.9 Å². The zero-order valence-electron chi connectivity index (χ0n) is 12.1. The van der Waals surface area contributed by atoms with Gasteiger partial charge < -0.3 is 4.74 Å². The first kappa shape index (κ1) is 15.9. The minimum Gasteiger partial charge on any atom is -0.393 e. The lowest BCUT2D eigenvalue weighted by Crippen LogP contribution is -2.09. The lowest BCUT2D eigenvalue weighted by atomic mass is 9.94. The van der Waals surface area contributed by atoms with Gasteiger partial charge in [0.25, 0.3) is 0 Å². The van der Waals surface area contributed by atoms with Crippen molar-refractivity contribution in [2.75, 3.05) is 0 Å². The van der Waals surface area contributed by atoms with Crippen LogP contribution in [0.3, 0.4) is 0 Å². The van der Waals surface area contributed by atoms with Gasteiger partial charge in [-0.1, -0.05) is 64.0 Å². The van der Waals surface area contributed by atoms with Crippen LogP contribution in [-0.2, 0) is 14.3 Å². The predicted octanol–water partition coefficient (Wildman–Crippen LogP) is 4.16. The largest absolute Gasteiger partial charge is 0.393 e. The van der Waals surface area contributed by atoms with Crippen molar-refractivity contribution in [3.8, 4) is 0 Å². The normalized spacial score (nSPS) is 18.7. The molecule has 1 unspecified atom stereocenters. The van der Waals surface area contributed by atoms with Crippen LogP contribution < -0.4 is 0 Å². The van der Waals surface area contributed by atoms with Crippen LogP contribution in [0.1, 0.15) is 71.1 Å². The Morgan fingerprint density at radius 3 is 2.21 bits per heavy atom. The standard InChI is InChI=1S/C16H26O3/c1-3-4-5-6-7-8-9-10-11-13(2)14-12-15(17)19-16(14)18/h14H,2-12H2,1H3. The minimum atomic E-state index is -0.410. The molecule has 1 heterocycles. The van der Waals surface area contributed by atoms with Gasteiger partial charge in [0.1, 0.15) is 0 Å². The summed E-state index contributed by atoms with van der Waals surface area (Å²) >= 11 is 0. The average Bonchev–Trinajstić information content (AvgIpc) is 2.71. The van der Waals surface area contributed by atoms with Crippen LogP contribution in [0.5, 0.6) is 0 Å². The number of hydrogen-bond acceptors (Lipinski definition) is 3. The Labute approximate surface area is 116 Å². The Morgan fingerprint density at radius 1 is 1.11 bits per heavy atom. The van der Waals surface area contributed by atoms with Crippen molar-refractivity contribution in [1.82, 2.24) is 0 Å². The van der Waals surface area contributed by atoms with Crippen LogP contribution in [0, 0.1) is 5.92 Å². The zero-order chi connectivity index (χ0) is 14.1. The molecule has 0 aliphatic carbocycles. The fraction of sp³-hybridized carbons (Fsp3) is 0.750. The molecule has 1 aliphatic rings. The number of unbranched alkanes of at least 4 members (excludes halogenated alkanes) is 7. The van der Waals surface area contributed by atoms with Gasteiger partial charge in [-0.05, 0) is 12.8 Å². The third-order valence-corrected chi connectivity index (χ3v) is 3.71. The maximum Gasteiger partial charge on any atom is 0.321 e. The Kier molecular flexibility index (Phi) is 7.46. The van der Waals surface area contributed by atoms with Gasteiger partial charge in [-0.15, -0.1) is 0 Å². The van der Waals surface area contributed by atoms with E-state index in [-0.39, 0.29) is 12.3 Å². The van der Waals surface area contributed by atoms with Gasteiger partial charge in [0, 0.05) is 0 Å². The van der Waals surface area contributed by atoms with Crippen molar-refractivity contribution >= 4 is 11.9 Å². The van der Waals surface area contributed by atoms with Crippen LogP contribution in [0.4, 0.5) is 0 Å². The molecular formula is C16H26O3. The Balaban J connectivity index is 2.02. The van der Waals surface area contributed by atoms with E-state index in [9.17, 15) is 9.59 Å². The maximum absolute atomic E-state index is 11.4. The minimum absolute atomic E-state index is 0.189. The molecule has 0 bridgehead atoms. The summed E-state index contributed by atoms with van der Waals surface area (Å²) in [7, 11) is 0. The highest BCUT2D eigenvalue weighted by Crippen LogP contribution is 2.26. The van der Waals surface area contributed by atoms with Crippen molar-refractivity contribution < 1.29 is 14.3 Å². The molecule has 1 atom stereocenters. The fourth-order valence-electron chi connectivity index (χ4n) is 2.45. The van der Waals surface area contributed by atoms with Crippen LogP contribution in [0.2, 0.25) is 0 Å². The molecule has 0 radical (unpaired) electrons. The number of carbonyl (C=O) groups is 2. The molecule has 1 saturated heterocycles. The molecule has 3 heteroatoms. The van der Waals surface area contributed by atoms with E-state index >= 15 is 0 Å². The molecular weight excluding hydrogens is 240 g/mol. The number of rotatable bonds is 10. The lowest BCUT2D eigenvalue weighted by molar-refractivity contribution is -0.152. The summed E-state index contributed by atoms with van der Waals surface area (Å²) in [4.78, 5) is 22.3. The molecule has 0 aromatic heterocycles. The third kappa shape index (κ3) is 6.04. The van der Waals surface area contributed by atoms with Gasteiger partial charge in [0.05, 0.1) is 12.3 Å². The molecule has 0 amide bonds. The molecule has 0 aromatic rings. The summed E-state index contributed by atoms with van der Waals surface area (Å²) in [5.41, 5.74) is 0.863. The number of esters is 2. The van der Waals surface area contributed by atoms with Gasteiger partial charge in [-0.2, -0.15) is 0 Å². The Morgan fingerprint density at radius 2 is 1.68 bits per heavy atom. The first-order chi connectivity index (χ1) is 9.15. The number of carbonyl (C=O) groups excluding carboxylic acids is 2. The number of cyclic esters (lactones) is 2. The van der Waals surface area contributed by atoms with E-state index in [0.29, 0.717) is 0 Å². The molecule has 0 aromatic carbocycles. The summed E-state index contributed by atoms with van der Waals surface area (Å²) < 4.78 is 4.54. The Hall–Kier alpha value is -1.12. The molecule has 0 spiro atoms. The monoisotopic (exact) mass is 266 g/mol. The first-order valence-electron chi connectivity index (χ1n) is 7.57. The van der Waals surface area contributed by atoms with Crippen LogP contribution in [0.25, 0.3) is 0 Å². The number of hydrogen-bond donors (Lipinski definition) is 0. The molecule has 0 N–H and O–H groups in total. The van der Waals surface area contributed by atoms with Gasteiger partial charge in [-0.3, -0.25) is 9.59 Å². The molecule has 0 saturated carbocycles. The topological polar surface area (TPSA) is 43.4 Å². The first-order valence-corrected chi connectivity index (χ1v) is 7.57. The lowest BCUT2D eigenvalue weighted by Gasteiger charge is -2.08. The Bertz CT molecular complexity index is 320. The third-order valence-electron chi connectivity index (χ3n) is 3.71. The van der Waals surface area contributed by atoms with Crippen molar-refractivity contribution in [2.45, 2.75) is 71.1 Å². The van der Waals surface area contributed by atoms with Gasteiger partial charge in [0.2, 0.25) is 0 Å². The summed E-state index contributed by atoms with van der Waals surface area (Å²) in [5, 5.41) is 0. The van der Waals surface area contributed by atoms with Crippen LogP contribution >= 0.6 is 0 Å².